The number of pyridine rings is 1. The van der Waals surface area contributed by atoms with Crippen molar-refractivity contribution >= 4 is 17.2 Å². The first kappa shape index (κ1) is 19.5. The molecule has 3 aromatic rings. The maximum atomic E-state index is 13.0. The second-order valence-corrected chi connectivity index (χ2v) is 8.47. The van der Waals surface area contributed by atoms with Crippen molar-refractivity contribution < 1.29 is 4.79 Å². The average molecular weight is 409 g/mol. The lowest BCUT2D eigenvalue weighted by Crippen LogP contribution is -2.34. The van der Waals surface area contributed by atoms with Crippen molar-refractivity contribution in [2.45, 2.75) is 52.6 Å². The fourth-order valence-electron chi connectivity index (χ4n) is 3.71. The fraction of sp³-hybridized carbons (Fsp3) is 0.364. The Labute approximate surface area is 173 Å². The molecule has 0 aliphatic heterocycles. The Hall–Kier alpha value is -2.80. The van der Waals surface area contributed by atoms with Gasteiger partial charge in [-0.25, -0.2) is 0 Å². The summed E-state index contributed by atoms with van der Waals surface area (Å²) in [6.07, 6.45) is 9.69. The first-order chi connectivity index (χ1) is 14.0. The van der Waals surface area contributed by atoms with Crippen LogP contribution in [0.15, 0.2) is 34.8 Å². The SMILES string of the molecule is Cc1cnc(Cn2ccc(C)c(C(=O)NCc3csc4c3CCCC4)c2=O)cn1. The van der Waals surface area contributed by atoms with Crippen LogP contribution in [-0.2, 0) is 25.9 Å². The molecule has 0 saturated carbocycles. The van der Waals surface area contributed by atoms with Crippen LogP contribution in [0.3, 0.4) is 0 Å². The number of hydrogen-bond acceptors (Lipinski definition) is 5. The van der Waals surface area contributed by atoms with Gasteiger partial charge in [0.15, 0.2) is 0 Å². The van der Waals surface area contributed by atoms with E-state index in [0.717, 1.165) is 18.5 Å². The topological polar surface area (TPSA) is 76.9 Å². The minimum Gasteiger partial charge on any atom is -0.348 e. The minimum absolute atomic E-state index is 0.191. The molecule has 0 radical (unpaired) electrons. The molecule has 150 valence electrons. The van der Waals surface area contributed by atoms with Crippen LogP contribution in [-0.4, -0.2) is 20.4 Å². The van der Waals surface area contributed by atoms with Crippen LogP contribution in [0.1, 0.15) is 56.2 Å². The first-order valence-corrected chi connectivity index (χ1v) is 10.7. The first-order valence-electron chi connectivity index (χ1n) is 9.87. The van der Waals surface area contributed by atoms with E-state index in [1.165, 1.54) is 33.4 Å². The maximum Gasteiger partial charge on any atom is 0.264 e. The van der Waals surface area contributed by atoms with E-state index in [9.17, 15) is 9.59 Å². The molecule has 0 fully saturated rings. The molecule has 0 bridgehead atoms. The number of nitrogens with zero attached hydrogens (tertiary/aromatic N) is 3. The number of thiophene rings is 1. The van der Waals surface area contributed by atoms with Crippen molar-refractivity contribution in [3.63, 3.8) is 0 Å². The fourth-order valence-corrected chi connectivity index (χ4v) is 4.86. The predicted octanol–water partition coefficient (Wildman–Crippen LogP) is 3.17. The number of aromatic nitrogens is 3. The van der Waals surface area contributed by atoms with Crippen molar-refractivity contribution in [2.75, 3.05) is 0 Å². The second kappa shape index (κ2) is 8.29. The maximum absolute atomic E-state index is 13.0. The van der Waals surface area contributed by atoms with E-state index in [2.05, 4.69) is 20.7 Å². The molecule has 0 aromatic carbocycles. The van der Waals surface area contributed by atoms with Crippen LogP contribution >= 0.6 is 11.3 Å². The number of aryl methyl sites for hydroxylation is 3. The summed E-state index contributed by atoms with van der Waals surface area (Å²) in [6.45, 7) is 4.40. The minimum atomic E-state index is -0.326. The normalized spacial score (nSPS) is 13.2. The third-order valence-electron chi connectivity index (χ3n) is 5.36. The van der Waals surface area contributed by atoms with Crippen molar-refractivity contribution in [1.82, 2.24) is 19.9 Å². The molecular formula is C22H24N4O2S. The van der Waals surface area contributed by atoms with E-state index in [4.69, 9.17) is 0 Å². The monoisotopic (exact) mass is 408 g/mol. The zero-order valence-electron chi connectivity index (χ0n) is 16.7. The standard InChI is InChI=1S/C22H24N4O2S/c1-14-7-8-26(12-17-11-23-15(2)9-24-17)22(28)20(14)21(27)25-10-16-13-29-19-6-4-3-5-18(16)19/h7-9,11,13H,3-6,10,12H2,1-2H3,(H,25,27). The summed E-state index contributed by atoms with van der Waals surface area (Å²) in [5.41, 5.74) is 4.63. The van der Waals surface area contributed by atoms with Gasteiger partial charge in [0.1, 0.15) is 5.56 Å². The number of nitrogens with one attached hydrogen (secondary N) is 1. The molecule has 0 saturated heterocycles. The molecule has 7 heteroatoms. The van der Waals surface area contributed by atoms with Crippen molar-refractivity contribution in [3.05, 3.63) is 78.9 Å². The number of fused-ring (bicyclic) bond motifs is 1. The van der Waals surface area contributed by atoms with E-state index >= 15 is 0 Å². The van der Waals surface area contributed by atoms with Gasteiger partial charge in [-0.05, 0) is 67.7 Å². The molecule has 29 heavy (non-hydrogen) atoms. The van der Waals surface area contributed by atoms with Crippen LogP contribution in [0.25, 0.3) is 0 Å². The van der Waals surface area contributed by atoms with Gasteiger partial charge in [-0.3, -0.25) is 19.6 Å². The Morgan fingerprint density at radius 2 is 2.03 bits per heavy atom. The molecule has 4 rings (SSSR count). The summed E-state index contributed by atoms with van der Waals surface area (Å²) in [7, 11) is 0. The van der Waals surface area contributed by atoms with E-state index in [1.807, 2.05) is 6.92 Å². The predicted molar refractivity (Wildman–Crippen MR) is 113 cm³/mol. The zero-order valence-corrected chi connectivity index (χ0v) is 17.5. The lowest BCUT2D eigenvalue weighted by Gasteiger charge is -2.14. The van der Waals surface area contributed by atoms with Gasteiger partial charge in [0.25, 0.3) is 11.5 Å². The molecule has 3 heterocycles. The number of rotatable bonds is 5. The van der Waals surface area contributed by atoms with Gasteiger partial charge in [-0.15, -0.1) is 11.3 Å². The van der Waals surface area contributed by atoms with Gasteiger partial charge >= 0.3 is 0 Å². The van der Waals surface area contributed by atoms with Gasteiger partial charge in [-0.2, -0.15) is 0 Å². The van der Waals surface area contributed by atoms with Crippen LogP contribution in [0.5, 0.6) is 0 Å². The third-order valence-corrected chi connectivity index (χ3v) is 6.49. The highest BCUT2D eigenvalue weighted by Gasteiger charge is 2.19. The Balaban J connectivity index is 1.52. The van der Waals surface area contributed by atoms with Crippen LogP contribution in [0.4, 0.5) is 0 Å². The number of carbonyl (C=O) groups is 1. The van der Waals surface area contributed by atoms with Gasteiger partial charge < -0.3 is 9.88 Å². The molecule has 1 aliphatic carbocycles. The Bertz CT molecular complexity index is 1100. The summed E-state index contributed by atoms with van der Waals surface area (Å²) in [5.74, 6) is -0.326. The lowest BCUT2D eigenvalue weighted by atomic mass is 9.96. The van der Waals surface area contributed by atoms with Crippen molar-refractivity contribution in [3.8, 4) is 0 Å². The second-order valence-electron chi connectivity index (χ2n) is 7.51. The Morgan fingerprint density at radius 1 is 1.21 bits per heavy atom. The van der Waals surface area contributed by atoms with Gasteiger partial charge in [0.05, 0.1) is 24.1 Å². The van der Waals surface area contributed by atoms with Crippen molar-refractivity contribution in [1.29, 1.82) is 0 Å². The molecule has 1 amide bonds. The molecule has 1 N–H and O–H groups in total. The summed E-state index contributed by atoms with van der Waals surface area (Å²) in [6, 6.07) is 1.80. The summed E-state index contributed by atoms with van der Waals surface area (Å²) >= 11 is 1.78. The van der Waals surface area contributed by atoms with Gasteiger partial charge in [-0.1, -0.05) is 0 Å². The number of amides is 1. The number of hydrogen-bond donors (Lipinski definition) is 1. The van der Waals surface area contributed by atoms with Crippen LogP contribution in [0, 0.1) is 13.8 Å². The van der Waals surface area contributed by atoms with E-state index in [-0.39, 0.29) is 23.6 Å². The van der Waals surface area contributed by atoms with Crippen LogP contribution in [0.2, 0.25) is 0 Å². The van der Waals surface area contributed by atoms with E-state index in [0.29, 0.717) is 17.8 Å². The average Bonchev–Trinajstić information content (AvgIpc) is 3.13. The summed E-state index contributed by atoms with van der Waals surface area (Å²) in [4.78, 5) is 35.8. The molecule has 0 spiro atoms. The Kier molecular flexibility index (Phi) is 5.58. The highest BCUT2D eigenvalue weighted by Crippen LogP contribution is 2.30. The lowest BCUT2D eigenvalue weighted by molar-refractivity contribution is 0.0948. The highest BCUT2D eigenvalue weighted by molar-refractivity contribution is 7.10. The smallest absolute Gasteiger partial charge is 0.264 e. The molecule has 0 unspecified atom stereocenters. The molecule has 3 aromatic heterocycles. The summed E-state index contributed by atoms with van der Waals surface area (Å²) < 4.78 is 1.51. The van der Waals surface area contributed by atoms with Crippen molar-refractivity contribution in [2.24, 2.45) is 0 Å². The molecule has 1 aliphatic rings. The molecule has 6 nitrogen and oxygen atoms in total. The van der Waals surface area contributed by atoms with Gasteiger partial charge in [0, 0.05) is 23.8 Å². The summed E-state index contributed by atoms with van der Waals surface area (Å²) in [5, 5.41) is 5.10. The molecular weight excluding hydrogens is 384 g/mol. The largest absolute Gasteiger partial charge is 0.348 e. The third kappa shape index (κ3) is 4.15. The zero-order chi connectivity index (χ0) is 20.4. The molecule has 0 atom stereocenters. The Morgan fingerprint density at radius 3 is 2.83 bits per heavy atom. The quantitative estimate of drug-likeness (QED) is 0.703. The van der Waals surface area contributed by atoms with Crippen LogP contribution < -0.4 is 10.9 Å². The van der Waals surface area contributed by atoms with Gasteiger partial charge in [0.2, 0.25) is 0 Å². The highest BCUT2D eigenvalue weighted by atomic mass is 32.1. The van der Waals surface area contributed by atoms with E-state index in [1.54, 1.807) is 42.9 Å². The van der Waals surface area contributed by atoms with E-state index < -0.39 is 0 Å². The number of carbonyl (C=O) groups excluding carboxylic acids is 1.